The van der Waals surface area contributed by atoms with Crippen molar-refractivity contribution in [2.24, 2.45) is 0 Å². The van der Waals surface area contributed by atoms with Gasteiger partial charge in [0, 0.05) is 13.2 Å². The molecule has 1 amide bonds. The molecule has 1 aromatic heterocycles. The monoisotopic (exact) mass is 483 g/mol. The third-order valence-electron chi connectivity index (χ3n) is 6.29. The Morgan fingerprint density at radius 1 is 0.944 bits per heavy atom. The maximum atomic E-state index is 13.6. The molecule has 0 unspecified atom stereocenters. The molecule has 0 N–H and O–H groups in total. The molecule has 184 valence electrons. The first kappa shape index (κ1) is 23.8. The van der Waals surface area contributed by atoms with Gasteiger partial charge in [0.25, 0.3) is 5.91 Å². The minimum Gasteiger partial charge on any atom is -0.489 e. The Labute approximate surface area is 210 Å². The zero-order chi connectivity index (χ0) is 25.1. The molecule has 0 fully saturated rings. The van der Waals surface area contributed by atoms with Crippen LogP contribution in [0.25, 0.3) is 11.0 Å². The van der Waals surface area contributed by atoms with E-state index in [0.717, 1.165) is 11.1 Å². The van der Waals surface area contributed by atoms with Crippen molar-refractivity contribution in [1.29, 1.82) is 0 Å². The smallest absolute Gasteiger partial charge is 0.290 e. The van der Waals surface area contributed by atoms with Crippen molar-refractivity contribution < 1.29 is 18.7 Å². The average molecular weight is 484 g/mol. The Morgan fingerprint density at radius 2 is 1.72 bits per heavy atom. The fourth-order valence-corrected chi connectivity index (χ4v) is 4.61. The van der Waals surface area contributed by atoms with E-state index in [0.29, 0.717) is 48.5 Å². The van der Waals surface area contributed by atoms with Crippen LogP contribution in [0.15, 0.2) is 88.1 Å². The van der Waals surface area contributed by atoms with Crippen molar-refractivity contribution in [3.8, 4) is 5.75 Å². The third kappa shape index (κ3) is 4.77. The van der Waals surface area contributed by atoms with Gasteiger partial charge in [-0.1, -0.05) is 54.6 Å². The number of rotatable bonds is 9. The van der Waals surface area contributed by atoms with Gasteiger partial charge in [-0.3, -0.25) is 9.59 Å². The minimum atomic E-state index is -0.562. The summed E-state index contributed by atoms with van der Waals surface area (Å²) in [6, 6.07) is 24.0. The zero-order valence-electron chi connectivity index (χ0n) is 20.5. The van der Waals surface area contributed by atoms with Crippen molar-refractivity contribution in [3.05, 3.63) is 112 Å². The van der Waals surface area contributed by atoms with Gasteiger partial charge in [-0.2, -0.15) is 0 Å². The normalized spacial score (nSPS) is 15.0. The van der Waals surface area contributed by atoms with Gasteiger partial charge in [0.1, 0.15) is 17.9 Å². The highest BCUT2D eigenvalue weighted by atomic mass is 16.5. The van der Waals surface area contributed by atoms with E-state index < -0.39 is 6.04 Å². The summed E-state index contributed by atoms with van der Waals surface area (Å²) in [6.07, 6.45) is 0.756. The maximum Gasteiger partial charge on any atom is 0.290 e. The predicted octanol–water partition coefficient (Wildman–Crippen LogP) is 5.73. The fourth-order valence-electron chi connectivity index (χ4n) is 4.61. The number of hydrogen-bond donors (Lipinski definition) is 0. The van der Waals surface area contributed by atoms with Gasteiger partial charge in [-0.05, 0) is 55.7 Å². The number of carbonyl (C=O) groups excluding carboxylic acids is 1. The first-order valence-corrected chi connectivity index (χ1v) is 12.3. The largest absolute Gasteiger partial charge is 0.489 e. The highest BCUT2D eigenvalue weighted by Crippen LogP contribution is 2.39. The lowest BCUT2D eigenvalue weighted by atomic mass is 9.98. The first-order valence-electron chi connectivity index (χ1n) is 12.3. The van der Waals surface area contributed by atoms with Crippen molar-refractivity contribution in [3.63, 3.8) is 0 Å². The van der Waals surface area contributed by atoms with Crippen LogP contribution in [0.3, 0.4) is 0 Å². The lowest BCUT2D eigenvalue weighted by Gasteiger charge is -2.25. The minimum absolute atomic E-state index is 0.110. The van der Waals surface area contributed by atoms with Crippen LogP contribution in [0.2, 0.25) is 0 Å². The molecule has 5 rings (SSSR count). The zero-order valence-corrected chi connectivity index (χ0v) is 20.5. The number of nitrogens with zero attached hydrogens (tertiary/aromatic N) is 1. The Kier molecular flexibility index (Phi) is 6.87. The van der Waals surface area contributed by atoms with Crippen molar-refractivity contribution in [1.82, 2.24) is 4.90 Å². The van der Waals surface area contributed by atoms with E-state index in [2.05, 4.69) is 0 Å². The van der Waals surface area contributed by atoms with Crippen molar-refractivity contribution in [2.45, 2.75) is 39.0 Å². The van der Waals surface area contributed by atoms with Crippen molar-refractivity contribution >= 4 is 16.9 Å². The highest BCUT2D eigenvalue weighted by Gasteiger charge is 2.42. The molecule has 1 aliphatic rings. The Morgan fingerprint density at radius 3 is 2.53 bits per heavy atom. The molecular weight excluding hydrogens is 454 g/mol. The first-order chi connectivity index (χ1) is 17.5. The van der Waals surface area contributed by atoms with Gasteiger partial charge < -0.3 is 18.8 Å². The lowest BCUT2D eigenvalue weighted by molar-refractivity contribution is 0.0593. The van der Waals surface area contributed by atoms with Crippen LogP contribution in [0.1, 0.15) is 53.6 Å². The molecule has 0 bridgehead atoms. The molecule has 0 radical (unpaired) electrons. The molecule has 2 heterocycles. The summed E-state index contributed by atoms with van der Waals surface area (Å²) < 4.78 is 17.7. The molecule has 6 nitrogen and oxygen atoms in total. The van der Waals surface area contributed by atoms with Crippen LogP contribution in [-0.2, 0) is 11.3 Å². The summed E-state index contributed by atoms with van der Waals surface area (Å²) in [5.74, 6) is 0.507. The number of hydrogen-bond acceptors (Lipinski definition) is 5. The van der Waals surface area contributed by atoms with Crippen LogP contribution < -0.4 is 10.2 Å². The van der Waals surface area contributed by atoms with Crippen LogP contribution in [0.4, 0.5) is 0 Å². The van der Waals surface area contributed by atoms with Crippen LogP contribution in [0.5, 0.6) is 5.75 Å². The van der Waals surface area contributed by atoms with E-state index in [4.69, 9.17) is 13.9 Å². The Balaban J connectivity index is 1.51. The van der Waals surface area contributed by atoms with E-state index in [9.17, 15) is 9.59 Å². The van der Waals surface area contributed by atoms with Gasteiger partial charge in [0.2, 0.25) is 5.76 Å². The van der Waals surface area contributed by atoms with Gasteiger partial charge in [-0.25, -0.2) is 0 Å². The summed E-state index contributed by atoms with van der Waals surface area (Å²) in [5.41, 5.74) is 2.48. The van der Waals surface area contributed by atoms with E-state index in [1.54, 1.807) is 29.2 Å². The number of ether oxygens (including phenoxy) is 2. The second-order valence-electron chi connectivity index (χ2n) is 9.19. The molecule has 4 aromatic rings. The number of amides is 1. The van der Waals surface area contributed by atoms with Crippen molar-refractivity contribution in [2.75, 3.05) is 13.2 Å². The predicted molar refractivity (Wildman–Crippen MR) is 138 cm³/mol. The molecule has 3 aromatic carbocycles. The molecule has 36 heavy (non-hydrogen) atoms. The van der Waals surface area contributed by atoms with E-state index >= 15 is 0 Å². The number of fused-ring (bicyclic) bond motifs is 2. The standard InChI is InChI=1S/C30H29NO5/c1-20(2)34-17-9-16-31-27(22-12-8-13-23(18-22)35-19-21-10-4-3-5-11-21)26-28(32)24-14-6-7-15-25(24)36-29(26)30(31)33/h3-8,10-15,18,20,27H,9,16-17,19H2,1-2H3/t27-/m0/s1. The lowest BCUT2D eigenvalue weighted by Crippen LogP contribution is -2.31. The SMILES string of the molecule is CC(C)OCCCN1C(=O)c2oc3ccccc3c(=O)c2[C@@H]1c1cccc(OCc2ccccc2)c1. The topological polar surface area (TPSA) is 69.0 Å². The van der Waals surface area contributed by atoms with E-state index in [-0.39, 0.29) is 23.2 Å². The van der Waals surface area contributed by atoms with E-state index in [1.165, 1.54) is 0 Å². The highest BCUT2D eigenvalue weighted by molar-refractivity contribution is 5.99. The van der Waals surface area contributed by atoms with Gasteiger partial charge in [-0.15, -0.1) is 0 Å². The molecule has 0 aliphatic carbocycles. The summed E-state index contributed by atoms with van der Waals surface area (Å²) in [5, 5.41) is 0.468. The number of carbonyl (C=O) groups is 1. The summed E-state index contributed by atoms with van der Waals surface area (Å²) in [6.45, 7) is 5.34. The molecular formula is C30H29NO5. The van der Waals surface area contributed by atoms with Crippen LogP contribution in [-0.4, -0.2) is 30.1 Å². The molecule has 0 saturated heterocycles. The van der Waals surface area contributed by atoms with E-state index in [1.807, 2.05) is 68.4 Å². The van der Waals surface area contributed by atoms with Crippen LogP contribution >= 0.6 is 0 Å². The second-order valence-corrected chi connectivity index (χ2v) is 9.19. The maximum absolute atomic E-state index is 13.6. The molecule has 0 saturated carbocycles. The number of para-hydroxylation sites is 1. The molecule has 0 spiro atoms. The third-order valence-corrected chi connectivity index (χ3v) is 6.29. The quantitative estimate of drug-likeness (QED) is 0.284. The summed E-state index contributed by atoms with van der Waals surface area (Å²) in [4.78, 5) is 28.9. The van der Waals surface area contributed by atoms with Gasteiger partial charge >= 0.3 is 0 Å². The average Bonchev–Trinajstić information content (AvgIpc) is 3.18. The molecule has 1 aliphatic heterocycles. The Hall–Kier alpha value is -3.90. The van der Waals surface area contributed by atoms with Crippen LogP contribution in [0, 0.1) is 0 Å². The fraction of sp³-hybridized carbons (Fsp3) is 0.267. The second kappa shape index (κ2) is 10.4. The molecule has 1 atom stereocenters. The number of benzene rings is 3. The van der Waals surface area contributed by atoms with Gasteiger partial charge in [0.15, 0.2) is 5.43 Å². The molecule has 6 heteroatoms. The summed E-state index contributed by atoms with van der Waals surface area (Å²) in [7, 11) is 0. The van der Waals surface area contributed by atoms with Gasteiger partial charge in [0.05, 0.1) is 23.1 Å². The summed E-state index contributed by atoms with van der Waals surface area (Å²) >= 11 is 0. The Bertz CT molecular complexity index is 1430.